The number of aromatic nitrogens is 4. The fourth-order valence-electron chi connectivity index (χ4n) is 2.22. The van der Waals surface area contributed by atoms with Gasteiger partial charge >= 0.3 is 0 Å². The Hall–Kier alpha value is -1.36. The van der Waals surface area contributed by atoms with Crippen LogP contribution in [0.15, 0.2) is 17.3 Å². The quantitative estimate of drug-likeness (QED) is 0.619. The summed E-state index contributed by atoms with van der Waals surface area (Å²) in [6.07, 6.45) is 2.38. The van der Waals surface area contributed by atoms with Crippen LogP contribution in [0.5, 0.6) is 0 Å². The topological polar surface area (TPSA) is 43.6 Å². The van der Waals surface area contributed by atoms with Gasteiger partial charge in [0.05, 0.1) is 5.69 Å². The zero-order valence-electron chi connectivity index (χ0n) is 12.0. The van der Waals surface area contributed by atoms with Crippen LogP contribution in [0.2, 0.25) is 0 Å². The highest BCUT2D eigenvalue weighted by atomic mass is 32.2. The normalized spacial score (nSPS) is 10.9. The summed E-state index contributed by atoms with van der Waals surface area (Å²) in [4.78, 5) is 0. The standard InChI is InChI=1S/C14H20N4S/c1-5-6-7-19-14-15-16-17-18(14)13-11(3)8-10(2)9-12(13)4/h8-9H,5-7H2,1-4H3. The molecule has 2 rings (SSSR count). The van der Waals surface area contributed by atoms with E-state index in [1.807, 2.05) is 4.68 Å². The van der Waals surface area contributed by atoms with E-state index in [1.165, 1.54) is 29.5 Å². The van der Waals surface area contributed by atoms with E-state index < -0.39 is 0 Å². The Labute approximate surface area is 118 Å². The first kappa shape index (κ1) is 14.1. The van der Waals surface area contributed by atoms with Crippen molar-refractivity contribution in [2.45, 2.75) is 45.7 Å². The fourth-order valence-corrected chi connectivity index (χ4v) is 3.18. The molecule has 4 nitrogen and oxygen atoms in total. The molecule has 1 aromatic carbocycles. The highest BCUT2D eigenvalue weighted by molar-refractivity contribution is 7.99. The zero-order valence-corrected chi connectivity index (χ0v) is 12.8. The summed E-state index contributed by atoms with van der Waals surface area (Å²) in [5.74, 6) is 1.06. The largest absolute Gasteiger partial charge is 0.214 e. The molecule has 0 aliphatic carbocycles. The first-order valence-corrected chi connectivity index (χ1v) is 7.61. The van der Waals surface area contributed by atoms with E-state index in [1.54, 1.807) is 11.8 Å². The zero-order chi connectivity index (χ0) is 13.8. The highest BCUT2D eigenvalue weighted by Gasteiger charge is 2.13. The number of benzene rings is 1. The molecule has 1 aromatic heterocycles. The van der Waals surface area contributed by atoms with E-state index >= 15 is 0 Å². The predicted molar refractivity (Wildman–Crippen MR) is 79.0 cm³/mol. The number of unbranched alkanes of at least 4 members (excludes halogenated alkanes) is 1. The lowest BCUT2D eigenvalue weighted by Gasteiger charge is -2.11. The van der Waals surface area contributed by atoms with Gasteiger partial charge in [-0.25, -0.2) is 0 Å². The van der Waals surface area contributed by atoms with Crippen molar-refractivity contribution >= 4 is 11.8 Å². The molecule has 2 aromatic rings. The van der Waals surface area contributed by atoms with E-state index in [0.29, 0.717) is 0 Å². The van der Waals surface area contributed by atoms with Crippen molar-refractivity contribution < 1.29 is 0 Å². The summed E-state index contributed by atoms with van der Waals surface area (Å²) in [7, 11) is 0. The summed E-state index contributed by atoms with van der Waals surface area (Å²) in [5.41, 5.74) is 4.80. The number of nitrogens with zero attached hydrogens (tertiary/aromatic N) is 4. The van der Waals surface area contributed by atoms with Crippen molar-refractivity contribution in [3.05, 3.63) is 28.8 Å². The monoisotopic (exact) mass is 276 g/mol. The number of tetrazole rings is 1. The van der Waals surface area contributed by atoms with Gasteiger partial charge in [0, 0.05) is 5.75 Å². The Morgan fingerprint density at radius 3 is 2.47 bits per heavy atom. The summed E-state index contributed by atoms with van der Waals surface area (Å²) in [5, 5.41) is 13.0. The first-order chi connectivity index (χ1) is 9.13. The van der Waals surface area contributed by atoms with Gasteiger partial charge in [-0.3, -0.25) is 0 Å². The number of thioether (sulfide) groups is 1. The minimum absolute atomic E-state index is 0.878. The number of hydrogen-bond acceptors (Lipinski definition) is 4. The molecule has 0 aliphatic rings. The maximum atomic E-state index is 4.15. The molecule has 0 atom stereocenters. The summed E-state index contributed by atoms with van der Waals surface area (Å²) in [6, 6.07) is 4.34. The van der Waals surface area contributed by atoms with Gasteiger partial charge in [0.2, 0.25) is 5.16 Å². The van der Waals surface area contributed by atoms with Crippen molar-refractivity contribution in [1.82, 2.24) is 20.2 Å². The van der Waals surface area contributed by atoms with Crippen LogP contribution in [-0.4, -0.2) is 26.0 Å². The Morgan fingerprint density at radius 2 is 1.84 bits per heavy atom. The van der Waals surface area contributed by atoms with E-state index in [9.17, 15) is 0 Å². The SMILES string of the molecule is CCCCSc1nnnn1-c1c(C)cc(C)cc1C. The maximum Gasteiger partial charge on any atom is 0.214 e. The van der Waals surface area contributed by atoms with Crippen molar-refractivity contribution in [3.63, 3.8) is 0 Å². The van der Waals surface area contributed by atoms with Crippen LogP contribution in [0, 0.1) is 20.8 Å². The van der Waals surface area contributed by atoms with Crippen LogP contribution < -0.4 is 0 Å². The third kappa shape index (κ3) is 3.15. The lowest BCUT2D eigenvalue weighted by molar-refractivity contribution is 0.746. The van der Waals surface area contributed by atoms with Crippen LogP contribution >= 0.6 is 11.8 Å². The minimum atomic E-state index is 0.878. The molecule has 19 heavy (non-hydrogen) atoms. The highest BCUT2D eigenvalue weighted by Crippen LogP contribution is 2.25. The lowest BCUT2D eigenvalue weighted by atomic mass is 10.1. The van der Waals surface area contributed by atoms with Gasteiger partial charge in [-0.05, 0) is 48.7 Å². The van der Waals surface area contributed by atoms with E-state index in [4.69, 9.17) is 0 Å². The van der Waals surface area contributed by atoms with E-state index in [0.717, 1.165) is 16.6 Å². The summed E-state index contributed by atoms with van der Waals surface area (Å²) < 4.78 is 1.87. The first-order valence-electron chi connectivity index (χ1n) is 6.63. The maximum absolute atomic E-state index is 4.15. The molecule has 0 radical (unpaired) electrons. The molecule has 0 unspecified atom stereocenters. The third-order valence-electron chi connectivity index (χ3n) is 3.02. The van der Waals surface area contributed by atoms with Gasteiger partial charge in [-0.2, -0.15) is 4.68 Å². The molecule has 5 heteroatoms. The molecule has 0 bridgehead atoms. The molecular weight excluding hydrogens is 256 g/mol. The van der Waals surface area contributed by atoms with Gasteiger partial charge in [-0.15, -0.1) is 5.10 Å². The molecule has 0 amide bonds. The van der Waals surface area contributed by atoms with Crippen molar-refractivity contribution in [3.8, 4) is 5.69 Å². The Bertz CT molecular complexity index is 539. The fraction of sp³-hybridized carbons (Fsp3) is 0.500. The summed E-state index contributed by atoms with van der Waals surface area (Å²) >= 11 is 1.72. The van der Waals surface area contributed by atoms with Crippen LogP contribution in [0.25, 0.3) is 5.69 Å². The third-order valence-corrected chi connectivity index (χ3v) is 4.02. The van der Waals surface area contributed by atoms with Crippen molar-refractivity contribution in [2.75, 3.05) is 5.75 Å². The van der Waals surface area contributed by atoms with Gasteiger partial charge in [0.1, 0.15) is 0 Å². The van der Waals surface area contributed by atoms with Crippen molar-refractivity contribution in [1.29, 1.82) is 0 Å². The molecular formula is C14H20N4S. The second-order valence-electron chi connectivity index (χ2n) is 4.82. The van der Waals surface area contributed by atoms with Crippen LogP contribution in [0.4, 0.5) is 0 Å². The Kier molecular flexibility index (Phi) is 4.58. The van der Waals surface area contributed by atoms with E-state index in [2.05, 4.69) is 55.4 Å². The van der Waals surface area contributed by atoms with Crippen LogP contribution in [0.3, 0.4) is 0 Å². The molecule has 0 aliphatic heterocycles. The molecule has 1 heterocycles. The number of rotatable bonds is 5. The van der Waals surface area contributed by atoms with Gasteiger partial charge in [0.15, 0.2) is 0 Å². The van der Waals surface area contributed by atoms with Crippen LogP contribution in [0.1, 0.15) is 36.5 Å². The lowest BCUT2D eigenvalue weighted by Crippen LogP contribution is -2.04. The predicted octanol–water partition coefficient (Wildman–Crippen LogP) is 3.48. The smallest absolute Gasteiger partial charge is 0.187 e. The minimum Gasteiger partial charge on any atom is -0.187 e. The average Bonchev–Trinajstić information content (AvgIpc) is 2.76. The van der Waals surface area contributed by atoms with Gasteiger partial charge in [0.25, 0.3) is 0 Å². The number of hydrogen-bond donors (Lipinski definition) is 0. The molecule has 0 spiro atoms. The molecule has 0 N–H and O–H groups in total. The second kappa shape index (κ2) is 6.19. The van der Waals surface area contributed by atoms with E-state index in [-0.39, 0.29) is 0 Å². The molecule has 0 fully saturated rings. The van der Waals surface area contributed by atoms with Gasteiger partial charge < -0.3 is 0 Å². The van der Waals surface area contributed by atoms with Crippen LogP contribution in [-0.2, 0) is 0 Å². The Balaban J connectivity index is 2.35. The molecule has 0 saturated carbocycles. The number of aryl methyl sites for hydroxylation is 3. The van der Waals surface area contributed by atoms with Crippen molar-refractivity contribution in [2.24, 2.45) is 0 Å². The second-order valence-corrected chi connectivity index (χ2v) is 5.88. The van der Waals surface area contributed by atoms with Gasteiger partial charge in [-0.1, -0.05) is 42.8 Å². The molecule has 0 saturated heterocycles. The molecule has 102 valence electrons. The Morgan fingerprint density at radius 1 is 1.16 bits per heavy atom. The average molecular weight is 276 g/mol. The summed E-state index contributed by atoms with van der Waals surface area (Å²) in [6.45, 7) is 8.52.